The molecule has 1 fully saturated rings. The molecule has 4 aliphatic rings. The lowest BCUT2D eigenvalue weighted by atomic mass is 9.60. The first-order valence-electron chi connectivity index (χ1n) is 14.8. The number of aliphatic hydroxyl groups excluding tert-OH is 2. The minimum atomic E-state index is -4.87. The second kappa shape index (κ2) is 11.3. The molecule has 0 radical (unpaired) electrons. The molecule has 0 heterocycles. The predicted octanol–water partition coefficient (Wildman–Crippen LogP) is 4.39. The highest BCUT2D eigenvalue weighted by Gasteiger charge is 2.60. The number of hydrogen-bond acceptors (Lipinski definition) is 8. The van der Waals surface area contributed by atoms with E-state index in [0.29, 0.717) is 19.0 Å². The van der Waals surface area contributed by atoms with Crippen LogP contribution in [-0.2, 0) is 28.7 Å². The van der Waals surface area contributed by atoms with Crippen LogP contribution in [0.3, 0.4) is 0 Å². The van der Waals surface area contributed by atoms with Crippen molar-refractivity contribution in [2.24, 2.45) is 23.5 Å². The number of carbonyl (C=O) groups excluding carboxylic acids is 3. The van der Waals surface area contributed by atoms with Crippen LogP contribution in [-0.4, -0.2) is 61.5 Å². The van der Waals surface area contributed by atoms with E-state index in [4.69, 9.17) is 5.73 Å². The van der Waals surface area contributed by atoms with Crippen molar-refractivity contribution < 1.29 is 48.0 Å². The maximum atomic E-state index is 14.7. The van der Waals surface area contributed by atoms with Gasteiger partial charge < -0.3 is 26.2 Å². The van der Waals surface area contributed by atoms with E-state index in [1.165, 1.54) is 6.42 Å². The van der Waals surface area contributed by atoms with Crippen LogP contribution in [0.25, 0.3) is 0 Å². The lowest BCUT2D eigenvalue weighted by Crippen LogP contribution is -2.57. The van der Waals surface area contributed by atoms with Gasteiger partial charge >= 0.3 is 6.18 Å². The molecule has 234 valence electrons. The van der Waals surface area contributed by atoms with Gasteiger partial charge in [-0.1, -0.05) is 39.0 Å². The Kier molecular flexibility index (Phi) is 8.14. The molecule has 1 aromatic rings. The quantitative estimate of drug-likeness (QED) is 0.286. The van der Waals surface area contributed by atoms with E-state index in [9.17, 15) is 48.0 Å². The third kappa shape index (κ3) is 5.22. The molecule has 4 aliphatic carbocycles. The number of rotatable bonds is 7. The average molecular weight is 607 g/mol. The number of primary amides is 1. The zero-order valence-electron chi connectivity index (χ0n) is 24.0. The summed E-state index contributed by atoms with van der Waals surface area (Å²) in [5, 5.41) is 43.7. The molecule has 0 bridgehead atoms. The standard InChI is InChI=1S/C31H37F3N2O7/c1-2-36(9-8-15-6-4-3-5-7-15)14-17-12-20(37)23-19(25(17)31(32,33)34)11-16-10-18-13-21(38)24(29(35)42)28(41)30(18,43)27(40)22(16)26(23)39/h12,15-16,18,37-38,40,43H,2-11,13-14H2,1H3,(H2,35,42)/t16?,18-,30-/m0/s1. The lowest BCUT2D eigenvalue weighted by Gasteiger charge is -2.45. The normalized spacial score (nSPS) is 26.5. The Morgan fingerprint density at radius 2 is 1.79 bits per heavy atom. The van der Waals surface area contributed by atoms with Crippen molar-refractivity contribution in [3.05, 3.63) is 51.0 Å². The Morgan fingerprint density at radius 1 is 1.12 bits per heavy atom. The largest absolute Gasteiger partial charge is 0.511 e. The molecule has 9 nitrogen and oxygen atoms in total. The zero-order chi connectivity index (χ0) is 31.4. The van der Waals surface area contributed by atoms with E-state index < -0.39 is 99.0 Å². The summed E-state index contributed by atoms with van der Waals surface area (Å²) in [7, 11) is 0. The van der Waals surface area contributed by atoms with Crippen LogP contribution in [0.2, 0.25) is 0 Å². The lowest BCUT2D eigenvalue weighted by molar-refractivity contribution is -0.144. The smallest absolute Gasteiger partial charge is 0.417 e. The number of halogens is 3. The summed E-state index contributed by atoms with van der Waals surface area (Å²) in [6.45, 7) is 2.86. The Morgan fingerprint density at radius 3 is 2.40 bits per heavy atom. The second-order valence-corrected chi connectivity index (χ2v) is 12.4. The summed E-state index contributed by atoms with van der Waals surface area (Å²) in [6.07, 6.45) is 0.620. The number of carbonyl (C=O) groups is 3. The van der Waals surface area contributed by atoms with Crippen molar-refractivity contribution in [2.75, 3.05) is 13.1 Å². The van der Waals surface area contributed by atoms with Crippen molar-refractivity contribution in [2.45, 2.75) is 83.0 Å². The molecule has 0 aliphatic heterocycles. The minimum Gasteiger partial charge on any atom is -0.511 e. The third-order valence-electron chi connectivity index (χ3n) is 9.85. The fourth-order valence-electron chi connectivity index (χ4n) is 7.67. The summed E-state index contributed by atoms with van der Waals surface area (Å²) in [5.41, 5.74) is -1.21. The minimum absolute atomic E-state index is 0.0862. The first kappa shape index (κ1) is 31.1. The van der Waals surface area contributed by atoms with Gasteiger partial charge in [0.2, 0.25) is 5.78 Å². The molecule has 3 atom stereocenters. The van der Waals surface area contributed by atoms with Gasteiger partial charge in [-0.15, -0.1) is 0 Å². The molecule has 0 aromatic heterocycles. The Balaban J connectivity index is 1.54. The van der Waals surface area contributed by atoms with E-state index in [-0.39, 0.29) is 18.5 Å². The van der Waals surface area contributed by atoms with Gasteiger partial charge in [-0.2, -0.15) is 13.2 Å². The number of ketones is 2. The van der Waals surface area contributed by atoms with Crippen LogP contribution in [0.4, 0.5) is 13.2 Å². The third-order valence-corrected chi connectivity index (χ3v) is 9.85. The fourth-order valence-corrected chi connectivity index (χ4v) is 7.67. The Bertz CT molecular complexity index is 1430. The average Bonchev–Trinajstić information content (AvgIpc) is 2.92. The van der Waals surface area contributed by atoms with Gasteiger partial charge in [0.05, 0.1) is 11.1 Å². The molecule has 1 amide bonds. The number of Topliss-reactive ketones (excluding diaryl/α,β-unsaturated/α-hetero) is 2. The van der Waals surface area contributed by atoms with Crippen LogP contribution in [0.5, 0.6) is 5.75 Å². The van der Waals surface area contributed by atoms with Gasteiger partial charge in [0.25, 0.3) is 5.91 Å². The highest BCUT2D eigenvalue weighted by Crippen LogP contribution is 2.53. The molecule has 43 heavy (non-hydrogen) atoms. The molecular formula is C31H37F3N2O7. The van der Waals surface area contributed by atoms with Gasteiger partial charge in [-0.05, 0) is 61.4 Å². The maximum absolute atomic E-state index is 14.7. The molecule has 1 aromatic carbocycles. The van der Waals surface area contributed by atoms with Gasteiger partial charge in [-0.3, -0.25) is 19.3 Å². The van der Waals surface area contributed by atoms with Crippen LogP contribution in [0, 0.1) is 17.8 Å². The number of phenolic OH excluding ortho intramolecular Hbond substituents is 1. The van der Waals surface area contributed by atoms with Crippen molar-refractivity contribution in [1.82, 2.24) is 4.90 Å². The highest BCUT2D eigenvalue weighted by atomic mass is 19.4. The van der Waals surface area contributed by atoms with E-state index in [1.807, 2.05) is 11.8 Å². The number of alkyl halides is 3. The number of allylic oxidation sites excluding steroid dienone is 2. The van der Waals surface area contributed by atoms with Crippen LogP contribution < -0.4 is 5.73 Å². The highest BCUT2D eigenvalue weighted by molar-refractivity contribution is 6.24. The first-order valence-corrected chi connectivity index (χ1v) is 14.8. The van der Waals surface area contributed by atoms with Gasteiger partial charge in [0.1, 0.15) is 22.8 Å². The summed E-state index contributed by atoms with van der Waals surface area (Å²) in [4.78, 5) is 40.5. The summed E-state index contributed by atoms with van der Waals surface area (Å²) >= 11 is 0. The number of nitrogens with zero attached hydrogens (tertiary/aromatic N) is 1. The first-order chi connectivity index (χ1) is 20.2. The molecule has 6 N–H and O–H groups in total. The predicted molar refractivity (Wildman–Crippen MR) is 148 cm³/mol. The number of aromatic hydroxyl groups is 1. The SMILES string of the molecule is CCN(CCC1CCCCC1)Cc1cc(O)c2c(c1C(F)(F)F)CC1C[C@H]3CC(O)=C(C(N)=O)C(=O)[C@@]3(O)C(O)=C1C2=O. The van der Waals surface area contributed by atoms with Crippen LogP contribution >= 0.6 is 0 Å². The van der Waals surface area contributed by atoms with E-state index in [0.717, 1.165) is 38.2 Å². The van der Waals surface area contributed by atoms with Crippen molar-refractivity contribution in [3.8, 4) is 5.75 Å². The van der Waals surface area contributed by atoms with Crippen molar-refractivity contribution >= 4 is 17.5 Å². The Labute approximate surface area is 246 Å². The topological polar surface area (TPSA) is 161 Å². The summed E-state index contributed by atoms with van der Waals surface area (Å²) in [6, 6.07) is 0.943. The van der Waals surface area contributed by atoms with Crippen LogP contribution in [0.15, 0.2) is 28.7 Å². The number of benzene rings is 1. The monoisotopic (exact) mass is 606 g/mol. The molecular weight excluding hydrogens is 569 g/mol. The number of aliphatic hydroxyl groups is 3. The summed E-state index contributed by atoms with van der Waals surface area (Å²) < 4.78 is 44.2. The molecule has 0 saturated heterocycles. The van der Waals surface area contributed by atoms with E-state index in [1.54, 1.807) is 0 Å². The molecule has 1 unspecified atom stereocenters. The van der Waals surface area contributed by atoms with E-state index in [2.05, 4.69) is 0 Å². The van der Waals surface area contributed by atoms with Crippen molar-refractivity contribution in [1.29, 1.82) is 0 Å². The van der Waals surface area contributed by atoms with Gasteiger partial charge in [0, 0.05) is 24.5 Å². The fraction of sp³-hybridized carbons (Fsp3) is 0.581. The maximum Gasteiger partial charge on any atom is 0.417 e. The number of nitrogens with two attached hydrogens (primary N) is 1. The Hall–Kier alpha value is -3.38. The second-order valence-electron chi connectivity index (χ2n) is 12.4. The zero-order valence-corrected chi connectivity index (χ0v) is 24.0. The number of amides is 1. The summed E-state index contributed by atoms with van der Waals surface area (Å²) in [5.74, 6) is -8.10. The van der Waals surface area contributed by atoms with Gasteiger partial charge in [0.15, 0.2) is 11.4 Å². The molecule has 12 heteroatoms. The van der Waals surface area contributed by atoms with E-state index >= 15 is 0 Å². The van der Waals surface area contributed by atoms with Crippen molar-refractivity contribution in [3.63, 3.8) is 0 Å². The number of fused-ring (bicyclic) bond motifs is 3. The molecule has 0 spiro atoms. The van der Waals surface area contributed by atoms with Gasteiger partial charge in [-0.25, -0.2) is 0 Å². The number of hydrogen-bond donors (Lipinski definition) is 5. The number of phenols is 1. The molecule has 1 saturated carbocycles. The molecule has 5 rings (SSSR count). The van der Waals surface area contributed by atoms with Crippen LogP contribution in [0.1, 0.15) is 85.3 Å².